The highest BCUT2D eigenvalue weighted by Gasteiger charge is 2.14. The number of carbonyl (C=O) groups is 1. The number of hydrogen-bond acceptors (Lipinski definition) is 5. The number of hydrogen-bond donors (Lipinski definition) is 1. The van der Waals surface area contributed by atoms with Crippen LogP contribution in [0.2, 0.25) is 0 Å². The number of anilines is 1. The standard InChI is InChI=1S/C15H18N2O3/c1-4-19-15(18)12-8-17-13-6-5-10(20-9(2)3)7-11(13)14(12)16/h5-9H,4H2,1-3H3,(H2,16,17). The summed E-state index contributed by atoms with van der Waals surface area (Å²) < 4.78 is 10.6. The fourth-order valence-electron chi connectivity index (χ4n) is 1.91. The molecule has 20 heavy (non-hydrogen) atoms. The molecule has 0 saturated carbocycles. The lowest BCUT2D eigenvalue weighted by atomic mass is 10.1. The first-order valence-electron chi connectivity index (χ1n) is 6.55. The summed E-state index contributed by atoms with van der Waals surface area (Å²) in [6, 6.07) is 5.44. The molecule has 0 unspecified atom stereocenters. The van der Waals surface area contributed by atoms with E-state index in [4.69, 9.17) is 15.2 Å². The van der Waals surface area contributed by atoms with Crippen molar-refractivity contribution in [3.05, 3.63) is 30.0 Å². The quantitative estimate of drug-likeness (QED) is 0.868. The van der Waals surface area contributed by atoms with Gasteiger partial charge in [-0.3, -0.25) is 4.98 Å². The molecule has 0 atom stereocenters. The van der Waals surface area contributed by atoms with E-state index in [9.17, 15) is 4.79 Å². The van der Waals surface area contributed by atoms with Gasteiger partial charge < -0.3 is 15.2 Å². The third-order valence-electron chi connectivity index (χ3n) is 2.75. The average Bonchev–Trinajstić information content (AvgIpc) is 2.39. The fraction of sp³-hybridized carbons (Fsp3) is 0.333. The van der Waals surface area contributed by atoms with Crippen molar-refractivity contribution in [3.8, 4) is 5.75 Å². The molecule has 2 rings (SSSR count). The van der Waals surface area contributed by atoms with E-state index in [1.54, 1.807) is 13.0 Å². The third kappa shape index (κ3) is 2.82. The molecular formula is C15H18N2O3. The molecule has 106 valence electrons. The maximum Gasteiger partial charge on any atom is 0.341 e. The first-order chi connectivity index (χ1) is 9.52. The highest BCUT2D eigenvalue weighted by atomic mass is 16.5. The van der Waals surface area contributed by atoms with Gasteiger partial charge in [0, 0.05) is 11.6 Å². The third-order valence-corrected chi connectivity index (χ3v) is 2.75. The van der Waals surface area contributed by atoms with Crippen LogP contribution in [-0.2, 0) is 4.74 Å². The molecule has 5 heteroatoms. The van der Waals surface area contributed by atoms with Crippen LogP contribution in [-0.4, -0.2) is 23.7 Å². The first kappa shape index (κ1) is 14.1. The largest absolute Gasteiger partial charge is 0.491 e. The second-order valence-corrected chi connectivity index (χ2v) is 4.65. The highest BCUT2D eigenvalue weighted by Crippen LogP contribution is 2.27. The van der Waals surface area contributed by atoms with E-state index >= 15 is 0 Å². The summed E-state index contributed by atoms with van der Waals surface area (Å²) in [7, 11) is 0. The Balaban J connectivity index is 2.49. The summed E-state index contributed by atoms with van der Waals surface area (Å²) in [6.07, 6.45) is 1.51. The molecule has 0 saturated heterocycles. The normalized spacial score (nSPS) is 10.8. The lowest BCUT2D eigenvalue weighted by Gasteiger charge is -2.12. The monoisotopic (exact) mass is 274 g/mol. The van der Waals surface area contributed by atoms with Gasteiger partial charge in [-0.1, -0.05) is 0 Å². The van der Waals surface area contributed by atoms with Crippen molar-refractivity contribution in [2.75, 3.05) is 12.3 Å². The highest BCUT2D eigenvalue weighted by molar-refractivity contribution is 6.04. The molecule has 0 amide bonds. The Bertz CT molecular complexity index is 638. The molecule has 1 aromatic heterocycles. The average molecular weight is 274 g/mol. The molecule has 1 heterocycles. The SMILES string of the molecule is CCOC(=O)c1cnc2ccc(OC(C)C)cc2c1N. The molecule has 0 aliphatic carbocycles. The van der Waals surface area contributed by atoms with Gasteiger partial charge in [0.1, 0.15) is 11.3 Å². The lowest BCUT2D eigenvalue weighted by Crippen LogP contribution is -2.09. The summed E-state index contributed by atoms with van der Waals surface area (Å²) in [6.45, 7) is 5.94. The second-order valence-electron chi connectivity index (χ2n) is 4.65. The number of carbonyl (C=O) groups excluding carboxylic acids is 1. The Labute approximate surface area is 117 Å². The van der Waals surface area contributed by atoms with Crippen molar-refractivity contribution in [1.29, 1.82) is 0 Å². The van der Waals surface area contributed by atoms with Gasteiger partial charge in [0.05, 0.1) is 23.9 Å². The van der Waals surface area contributed by atoms with Gasteiger partial charge in [-0.15, -0.1) is 0 Å². The molecule has 1 aromatic carbocycles. The minimum atomic E-state index is -0.463. The van der Waals surface area contributed by atoms with Crippen LogP contribution in [0.5, 0.6) is 5.75 Å². The minimum Gasteiger partial charge on any atom is -0.491 e. The van der Waals surface area contributed by atoms with Gasteiger partial charge in [-0.2, -0.15) is 0 Å². The van der Waals surface area contributed by atoms with Crippen molar-refractivity contribution >= 4 is 22.6 Å². The van der Waals surface area contributed by atoms with E-state index < -0.39 is 5.97 Å². The summed E-state index contributed by atoms with van der Waals surface area (Å²) in [5.74, 6) is 0.233. The number of nitrogens with two attached hydrogens (primary N) is 1. The molecule has 2 N–H and O–H groups in total. The van der Waals surface area contributed by atoms with Crippen LogP contribution in [0.4, 0.5) is 5.69 Å². The maximum absolute atomic E-state index is 11.8. The van der Waals surface area contributed by atoms with Crippen LogP contribution < -0.4 is 10.5 Å². The van der Waals surface area contributed by atoms with Crippen LogP contribution in [0.25, 0.3) is 10.9 Å². The fourth-order valence-corrected chi connectivity index (χ4v) is 1.91. The molecular weight excluding hydrogens is 256 g/mol. The summed E-state index contributed by atoms with van der Waals surface area (Å²) in [5, 5.41) is 0.689. The number of fused-ring (bicyclic) bond motifs is 1. The predicted octanol–water partition coefficient (Wildman–Crippen LogP) is 2.78. The van der Waals surface area contributed by atoms with Crippen LogP contribution in [0, 0.1) is 0 Å². The molecule has 5 nitrogen and oxygen atoms in total. The Morgan fingerprint density at radius 1 is 1.40 bits per heavy atom. The summed E-state index contributed by atoms with van der Waals surface area (Å²) in [5.41, 5.74) is 7.41. The van der Waals surface area contributed by atoms with E-state index in [-0.39, 0.29) is 11.7 Å². The Morgan fingerprint density at radius 2 is 2.15 bits per heavy atom. The Morgan fingerprint density at radius 3 is 2.80 bits per heavy atom. The molecule has 0 spiro atoms. The van der Waals surface area contributed by atoms with E-state index in [2.05, 4.69) is 4.98 Å². The zero-order valence-electron chi connectivity index (χ0n) is 11.8. The zero-order chi connectivity index (χ0) is 14.7. The van der Waals surface area contributed by atoms with E-state index in [0.717, 1.165) is 0 Å². The first-order valence-corrected chi connectivity index (χ1v) is 6.55. The Kier molecular flexibility index (Phi) is 4.08. The maximum atomic E-state index is 11.8. The number of ether oxygens (including phenoxy) is 2. The zero-order valence-corrected chi connectivity index (χ0v) is 11.8. The number of rotatable bonds is 4. The minimum absolute atomic E-state index is 0.0647. The molecule has 0 bridgehead atoms. The number of nitrogen functional groups attached to an aromatic ring is 1. The molecule has 0 radical (unpaired) electrons. The van der Waals surface area contributed by atoms with Gasteiger partial charge in [0.2, 0.25) is 0 Å². The number of pyridine rings is 1. The number of nitrogens with zero attached hydrogens (tertiary/aromatic N) is 1. The van der Waals surface area contributed by atoms with Crippen molar-refractivity contribution in [3.63, 3.8) is 0 Å². The Hall–Kier alpha value is -2.30. The number of aromatic nitrogens is 1. The van der Waals surface area contributed by atoms with Gasteiger partial charge in [-0.05, 0) is 39.0 Å². The van der Waals surface area contributed by atoms with Crippen molar-refractivity contribution in [2.45, 2.75) is 26.9 Å². The van der Waals surface area contributed by atoms with Crippen LogP contribution in [0.1, 0.15) is 31.1 Å². The van der Waals surface area contributed by atoms with Gasteiger partial charge in [0.25, 0.3) is 0 Å². The van der Waals surface area contributed by atoms with Crippen molar-refractivity contribution in [2.24, 2.45) is 0 Å². The lowest BCUT2D eigenvalue weighted by molar-refractivity contribution is 0.0527. The number of benzene rings is 1. The topological polar surface area (TPSA) is 74.4 Å². The van der Waals surface area contributed by atoms with Gasteiger partial charge in [-0.25, -0.2) is 4.79 Å². The molecule has 0 aliphatic heterocycles. The molecule has 0 aliphatic rings. The number of esters is 1. The van der Waals surface area contributed by atoms with Crippen LogP contribution >= 0.6 is 0 Å². The van der Waals surface area contributed by atoms with Crippen molar-refractivity contribution < 1.29 is 14.3 Å². The van der Waals surface area contributed by atoms with Crippen LogP contribution in [0.3, 0.4) is 0 Å². The van der Waals surface area contributed by atoms with E-state index in [0.29, 0.717) is 28.9 Å². The van der Waals surface area contributed by atoms with E-state index in [1.807, 2.05) is 26.0 Å². The van der Waals surface area contributed by atoms with Crippen LogP contribution in [0.15, 0.2) is 24.4 Å². The molecule has 0 fully saturated rings. The van der Waals surface area contributed by atoms with Gasteiger partial charge in [0.15, 0.2) is 0 Å². The second kappa shape index (κ2) is 5.77. The van der Waals surface area contributed by atoms with E-state index in [1.165, 1.54) is 6.20 Å². The predicted molar refractivity (Wildman–Crippen MR) is 77.9 cm³/mol. The summed E-state index contributed by atoms with van der Waals surface area (Å²) >= 11 is 0. The molecule has 2 aromatic rings. The van der Waals surface area contributed by atoms with Crippen molar-refractivity contribution in [1.82, 2.24) is 4.98 Å². The van der Waals surface area contributed by atoms with Gasteiger partial charge >= 0.3 is 5.97 Å². The smallest absolute Gasteiger partial charge is 0.341 e. The summed E-state index contributed by atoms with van der Waals surface area (Å²) in [4.78, 5) is 16.0.